The topological polar surface area (TPSA) is 149 Å². The Balaban J connectivity index is 1.58. The standard InChI is InChI=1S/C18H19N5O6S2/c24-5-3-20-31(27,28)13-2-1-12(16-19-4-6-30-16)15-14(13)21-17(29-15)22-8-10-7-11(9-22)23(10)18(25)26/h1-2,4,6,10-11,20,24H,3,5,7-9H2,(H,25,26). The third-order valence-electron chi connectivity index (χ3n) is 5.54. The molecule has 3 aromatic rings. The number of nitrogens with zero attached hydrogens (tertiary/aromatic N) is 4. The van der Waals surface area contributed by atoms with Gasteiger partial charge in [0, 0.05) is 31.2 Å². The van der Waals surface area contributed by atoms with Gasteiger partial charge in [0.05, 0.1) is 24.3 Å². The second-order valence-corrected chi connectivity index (χ2v) is 10.0. The van der Waals surface area contributed by atoms with Crippen molar-refractivity contribution in [3.8, 4) is 10.6 Å². The van der Waals surface area contributed by atoms with E-state index in [1.54, 1.807) is 12.3 Å². The summed E-state index contributed by atoms with van der Waals surface area (Å²) < 4.78 is 33.9. The number of thiazole rings is 1. The van der Waals surface area contributed by atoms with Crippen molar-refractivity contribution in [3.05, 3.63) is 23.7 Å². The van der Waals surface area contributed by atoms with Gasteiger partial charge in [-0.3, -0.25) is 4.90 Å². The van der Waals surface area contributed by atoms with Crippen LogP contribution in [0.4, 0.5) is 10.8 Å². The van der Waals surface area contributed by atoms with Gasteiger partial charge < -0.3 is 19.5 Å². The van der Waals surface area contributed by atoms with Gasteiger partial charge in [0.25, 0.3) is 6.01 Å². The van der Waals surface area contributed by atoms with Crippen LogP contribution in [0, 0.1) is 0 Å². The van der Waals surface area contributed by atoms with E-state index < -0.39 is 16.1 Å². The van der Waals surface area contributed by atoms with E-state index in [2.05, 4.69) is 14.7 Å². The second-order valence-electron chi connectivity index (χ2n) is 7.38. The highest BCUT2D eigenvalue weighted by Gasteiger charge is 2.48. The summed E-state index contributed by atoms with van der Waals surface area (Å²) in [6.45, 7) is 0.393. The number of carboxylic acid groups (broad SMARTS) is 1. The number of benzene rings is 1. The SMILES string of the molecule is O=C(O)N1C2CC1CN(c1nc3c(S(=O)(=O)NCCO)ccc(-c4nccs4)c3o1)C2. The number of amides is 1. The molecule has 11 nitrogen and oxygen atoms in total. The Morgan fingerprint density at radius 1 is 1.32 bits per heavy atom. The number of hydrogen-bond acceptors (Lipinski definition) is 9. The minimum atomic E-state index is -3.93. The van der Waals surface area contributed by atoms with Crippen molar-refractivity contribution in [2.24, 2.45) is 0 Å². The Hall–Kier alpha value is -2.74. The van der Waals surface area contributed by atoms with Gasteiger partial charge in [-0.2, -0.15) is 4.98 Å². The number of piperazine rings is 1. The fourth-order valence-corrected chi connectivity index (χ4v) is 6.00. The Kier molecular flexibility index (Phi) is 4.84. The summed E-state index contributed by atoms with van der Waals surface area (Å²) >= 11 is 1.39. The first-order chi connectivity index (χ1) is 14.9. The van der Waals surface area contributed by atoms with Crippen LogP contribution >= 0.6 is 11.3 Å². The average molecular weight is 466 g/mol. The van der Waals surface area contributed by atoms with E-state index in [1.165, 1.54) is 22.3 Å². The van der Waals surface area contributed by atoms with Crippen LogP contribution in [0.25, 0.3) is 21.7 Å². The van der Waals surface area contributed by atoms with E-state index in [4.69, 9.17) is 9.52 Å². The average Bonchev–Trinajstić information content (AvgIpc) is 3.41. The molecule has 1 aromatic carbocycles. The highest BCUT2D eigenvalue weighted by Crippen LogP contribution is 2.39. The molecule has 3 saturated heterocycles. The van der Waals surface area contributed by atoms with Crippen LogP contribution in [0.15, 0.2) is 33.0 Å². The molecule has 3 aliphatic heterocycles. The number of fused-ring (bicyclic) bond motifs is 3. The molecule has 164 valence electrons. The van der Waals surface area contributed by atoms with Gasteiger partial charge in [-0.25, -0.2) is 22.9 Å². The van der Waals surface area contributed by atoms with E-state index in [-0.39, 0.29) is 41.7 Å². The van der Waals surface area contributed by atoms with E-state index in [1.807, 2.05) is 10.3 Å². The van der Waals surface area contributed by atoms with Crippen LogP contribution in [-0.4, -0.2) is 77.9 Å². The summed E-state index contributed by atoms with van der Waals surface area (Å²) in [5.74, 6) is 0. The van der Waals surface area contributed by atoms with Crippen molar-refractivity contribution in [3.63, 3.8) is 0 Å². The molecule has 31 heavy (non-hydrogen) atoms. The highest BCUT2D eigenvalue weighted by atomic mass is 32.2. The summed E-state index contributed by atoms with van der Waals surface area (Å²) in [5, 5.41) is 20.8. The van der Waals surface area contributed by atoms with Crippen molar-refractivity contribution in [1.29, 1.82) is 0 Å². The number of aromatic nitrogens is 2. The van der Waals surface area contributed by atoms with Crippen molar-refractivity contribution < 1.29 is 27.8 Å². The van der Waals surface area contributed by atoms with Crippen LogP contribution in [-0.2, 0) is 10.0 Å². The first-order valence-corrected chi connectivity index (χ1v) is 12.0. The molecular weight excluding hydrogens is 446 g/mol. The molecule has 0 spiro atoms. The van der Waals surface area contributed by atoms with Crippen LogP contribution in [0.5, 0.6) is 0 Å². The predicted octanol–water partition coefficient (Wildman–Crippen LogP) is 1.16. The molecule has 2 aromatic heterocycles. The van der Waals surface area contributed by atoms with Gasteiger partial charge in [-0.15, -0.1) is 11.3 Å². The zero-order valence-electron chi connectivity index (χ0n) is 16.1. The number of rotatable bonds is 6. The number of anilines is 1. The lowest BCUT2D eigenvalue weighted by Crippen LogP contribution is -2.70. The third-order valence-corrected chi connectivity index (χ3v) is 7.84. The van der Waals surface area contributed by atoms with Crippen LogP contribution in [0.1, 0.15) is 6.42 Å². The van der Waals surface area contributed by atoms with E-state index >= 15 is 0 Å². The van der Waals surface area contributed by atoms with Crippen LogP contribution in [0.2, 0.25) is 0 Å². The summed E-state index contributed by atoms with van der Waals surface area (Å²) in [6, 6.07) is 3.05. The van der Waals surface area contributed by atoms with Gasteiger partial charge >= 0.3 is 6.09 Å². The number of nitrogens with one attached hydrogen (secondary N) is 1. The van der Waals surface area contributed by atoms with E-state index in [9.17, 15) is 18.3 Å². The predicted molar refractivity (Wildman–Crippen MR) is 112 cm³/mol. The van der Waals surface area contributed by atoms with Gasteiger partial charge in [0.2, 0.25) is 10.0 Å². The summed E-state index contributed by atoms with van der Waals surface area (Å²) in [5.41, 5.74) is 1.09. The first-order valence-electron chi connectivity index (χ1n) is 9.59. The lowest BCUT2D eigenvalue weighted by atomic mass is 9.88. The fourth-order valence-electron chi connectivity index (χ4n) is 4.19. The number of oxazole rings is 1. The summed E-state index contributed by atoms with van der Waals surface area (Å²) in [7, 11) is -3.93. The molecule has 2 unspecified atom stereocenters. The number of aliphatic hydroxyl groups excluding tert-OH is 1. The third kappa shape index (κ3) is 3.33. The molecule has 2 atom stereocenters. The number of hydrogen-bond donors (Lipinski definition) is 3. The quantitative estimate of drug-likeness (QED) is 0.487. The maximum absolute atomic E-state index is 12.8. The molecule has 3 N–H and O–H groups in total. The maximum atomic E-state index is 12.8. The fraction of sp³-hybridized carbons (Fsp3) is 0.389. The second kappa shape index (κ2) is 7.44. The van der Waals surface area contributed by atoms with E-state index in [0.29, 0.717) is 29.2 Å². The number of aliphatic hydroxyl groups is 1. The molecule has 1 amide bonds. The van der Waals surface area contributed by atoms with E-state index in [0.717, 1.165) is 6.42 Å². The minimum absolute atomic E-state index is 0.0550. The maximum Gasteiger partial charge on any atom is 0.407 e. The Morgan fingerprint density at radius 2 is 2.10 bits per heavy atom. The number of piperidine rings is 1. The monoisotopic (exact) mass is 465 g/mol. The number of carbonyl (C=O) groups is 1. The highest BCUT2D eigenvalue weighted by molar-refractivity contribution is 7.89. The molecule has 3 aliphatic rings. The Bertz CT molecular complexity index is 1230. The minimum Gasteiger partial charge on any atom is -0.465 e. The molecule has 3 fully saturated rings. The molecule has 0 saturated carbocycles. The molecule has 0 radical (unpaired) electrons. The molecule has 0 aliphatic carbocycles. The normalized spacial score (nSPS) is 20.8. The zero-order valence-corrected chi connectivity index (χ0v) is 17.8. The summed E-state index contributed by atoms with van der Waals surface area (Å²) in [4.78, 5) is 23.4. The summed E-state index contributed by atoms with van der Waals surface area (Å²) in [6.07, 6.45) is 1.50. The molecule has 6 rings (SSSR count). The van der Waals surface area contributed by atoms with Gasteiger partial charge in [0.1, 0.15) is 15.4 Å². The van der Waals surface area contributed by atoms with Crippen molar-refractivity contribution in [2.45, 2.75) is 23.4 Å². The van der Waals surface area contributed by atoms with Gasteiger partial charge in [-0.1, -0.05) is 0 Å². The Labute approximate surface area is 181 Å². The first kappa shape index (κ1) is 20.2. The largest absolute Gasteiger partial charge is 0.465 e. The van der Waals surface area contributed by atoms with Crippen LogP contribution < -0.4 is 9.62 Å². The molecule has 5 heterocycles. The van der Waals surface area contributed by atoms with Crippen molar-refractivity contribution >= 4 is 44.6 Å². The lowest BCUT2D eigenvalue weighted by molar-refractivity contribution is 0.0101. The lowest BCUT2D eigenvalue weighted by Gasteiger charge is -2.54. The molecule has 13 heteroatoms. The van der Waals surface area contributed by atoms with Crippen molar-refractivity contribution in [1.82, 2.24) is 19.6 Å². The van der Waals surface area contributed by atoms with Gasteiger partial charge in [-0.05, 0) is 18.6 Å². The smallest absolute Gasteiger partial charge is 0.407 e. The van der Waals surface area contributed by atoms with Crippen LogP contribution in [0.3, 0.4) is 0 Å². The van der Waals surface area contributed by atoms with Crippen molar-refractivity contribution in [2.75, 3.05) is 31.1 Å². The number of sulfonamides is 1. The Morgan fingerprint density at radius 3 is 2.74 bits per heavy atom. The van der Waals surface area contributed by atoms with Gasteiger partial charge in [0.15, 0.2) is 5.58 Å². The molecular formula is C18H19N5O6S2. The zero-order chi connectivity index (χ0) is 21.8. The molecule has 2 bridgehead atoms.